The molecule has 26 heavy (non-hydrogen) atoms. The van der Waals surface area contributed by atoms with Crippen molar-refractivity contribution in [3.8, 4) is 17.2 Å². The van der Waals surface area contributed by atoms with Crippen LogP contribution >= 0.6 is 12.2 Å². The Kier molecular flexibility index (Phi) is 5.49. The Bertz CT molecular complexity index is 812. The Morgan fingerprint density at radius 2 is 1.85 bits per heavy atom. The summed E-state index contributed by atoms with van der Waals surface area (Å²) in [6.45, 7) is 0.884. The molecule has 1 aliphatic heterocycles. The van der Waals surface area contributed by atoms with E-state index in [0.29, 0.717) is 29.7 Å². The van der Waals surface area contributed by atoms with Crippen molar-refractivity contribution in [2.45, 2.75) is 12.6 Å². The molecular weight excluding hydrogens is 352 g/mol. The van der Waals surface area contributed by atoms with Crippen LogP contribution in [0.3, 0.4) is 0 Å². The van der Waals surface area contributed by atoms with Crippen molar-refractivity contribution in [1.82, 2.24) is 4.90 Å². The van der Waals surface area contributed by atoms with Gasteiger partial charge in [-0.3, -0.25) is 0 Å². The number of nitrogens with zero attached hydrogens (tertiary/aromatic N) is 1. The van der Waals surface area contributed by atoms with Gasteiger partial charge in [0.15, 0.2) is 5.11 Å². The lowest BCUT2D eigenvalue weighted by Gasteiger charge is -2.35. The maximum atomic E-state index is 10.7. The molecule has 138 valence electrons. The van der Waals surface area contributed by atoms with Crippen LogP contribution in [0.2, 0.25) is 0 Å². The minimum Gasteiger partial charge on any atom is -0.497 e. The van der Waals surface area contributed by atoms with E-state index in [1.807, 2.05) is 41.3 Å². The third-order valence-corrected chi connectivity index (χ3v) is 4.76. The maximum Gasteiger partial charge on any atom is 0.173 e. The van der Waals surface area contributed by atoms with Crippen LogP contribution in [0.4, 0.5) is 5.69 Å². The number of thiocarbonyl (C=S) groups is 1. The van der Waals surface area contributed by atoms with Gasteiger partial charge in [-0.2, -0.15) is 0 Å². The van der Waals surface area contributed by atoms with Crippen LogP contribution in [0, 0.1) is 0 Å². The number of aliphatic hydroxyl groups excluding tert-OH is 1. The van der Waals surface area contributed by atoms with Crippen LogP contribution in [0.25, 0.3) is 0 Å². The fourth-order valence-electron chi connectivity index (χ4n) is 3.13. The molecule has 0 aliphatic carbocycles. The predicted molar refractivity (Wildman–Crippen MR) is 104 cm³/mol. The molecule has 1 aliphatic rings. The molecule has 0 amide bonds. The van der Waals surface area contributed by atoms with Gasteiger partial charge in [-0.1, -0.05) is 6.07 Å². The van der Waals surface area contributed by atoms with Crippen LogP contribution in [-0.4, -0.2) is 43.0 Å². The lowest BCUT2D eigenvalue weighted by molar-refractivity contribution is 0.123. The number of aliphatic hydroxyl groups is 1. The fraction of sp³-hybridized carbons (Fsp3) is 0.316. The van der Waals surface area contributed by atoms with E-state index in [1.165, 1.54) is 0 Å². The maximum absolute atomic E-state index is 10.7. The number of methoxy groups -OCH3 is 3. The molecule has 0 bridgehead atoms. The lowest BCUT2D eigenvalue weighted by atomic mass is 9.95. The molecule has 0 unspecified atom stereocenters. The molecule has 3 rings (SSSR count). The number of fused-ring (bicyclic) bond motifs is 1. The monoisotopic (exact) mass is 374 g/mol. The topological polar surface area (TPSA) is 63.2 Å². The molecule has 2 aromatic rings. The first-order valence-electron chi connectivity index (χ1n) is 8.19. The van der Waals surface area contributed by atoms with Gasteiger partial charge in [0.05, 0.1) is 27.9 Å². The highest BCUT2D eigenvalue weighted by Gasteiger charge is 2.30. The number of hydrogen-bond donors (Lipinski definition) is 2. The number of anilines is 1. The molecule has 6 nitrogen and oxygen atoms in total. The van der Waals surface area contributed by atoms with Crippen molar-refractivity contribution < 1.29 is 19.3 Å². The number of benzene rings is 2. The van der Waals surface area contributed by atoms with Gasteiger partial charge in [-0.05, 0) is 36.5 Å². The van der Waals surface area contributed by atoms with Gasteiger partial charge in [0.2, 0.25) is 0 Å². The lowest BCUT2D eigenvalue weighted by Crippen LogP contribution is -2.41. The Hall–Kier alpha value is -2.51. The molecule has 0 saturated carbocycles. The number of nitrogens with one attached hydrogen (secondary N) is 1. The average molecular weight is 374 g/mol. The zero-order valence-corrected chi connectivity index (χ0v) is 15.8. The Morgan fingerprint density at radius 1 is 1.12 bits per heavy atom. The summed E-state index contributed by atoms with van der Waals surface area (Å²) in [5.41, 5.74) is 2.46. The van der Waals surface area contributed by atoms with Crippen molar-refractivity contribution in [3.05, 3.63) is 47.5 Å². The Balaban J connectivity index is 1.84. The molecule has 0 saturated heterocycles. The molecule has 1 atom stereocenters. The minimum atomic E-state index is -0.728. The summed E-state index contributed by atoms with van der Waals surface area (Å²) in [5.74, 6) is 2.10. The third-order valence-electron chi connectivity index (χ3n) is 4.40. The highest BCUT2D eigenvalue weighted by atomic mass is 32.1. The molecule has 2 N–H and O–H groups in total. The van der Waals surface area contributed by atoms with Crippen molar-refractivity contribution in [2.75, 3.05) is 33.2 Å². The first-order chi connectivity index (χ1) is 12.6. The highest BCUT2D eigenvalue weighted by Crippen LogP contribution is 2.39. The molecule has 1 heterocycles. The van der Waals surface area contributed by atoms with Crippen molar-refractivity contribution >= 4 is 23.0 Å². The standard InChI is InChI=1S/C19H22N2O4S/c1-23-13-6-4-5-12(9-13)20-19(26)21-10-14-16(24-2)7-8-17(25-3)18(14)15(22)11-21/h4-9,15,22H,10-11H2,1-3H3,(H,20,26)/t15-/m0/s1. The van der Waals surface area contributed by atoms with Crippen molar-refractivity contribution in [1.29, 1.82) is 0 Å². The van der Waals surface area contributed by atoms with E-state index >= 15 is 0 Å². The van der Waals surface area contributed by atoms with Gasteiger partial charge in [0.25, 0.3) is 0 Å². The number of hydrogen-bond acceptors (Lipinski definition) is 5. The van der Waals surface area contributed by atoms with Crippen LogP contribution < -0.4 is 19.5 Å². The second-order valence-corrected chi connectivity index (χ2v) is 6.31. The summed E-state index contributed by atoms with van der Waals surface area (Å²) in [7, 11) is 4.82. The van der Waals surface area contributed by atoms with E-state index in [4.69, 9.17) is 26.4 Å². The average Bonchev–Trinajstić information content (AvgIpc) is 2.67. The van der Waals surface area contributed by atoms with E-state index in [0.717, 1.165) is 22.6 Å². The van der Waals surface area contributed by atoms with Crippen LogP contribution in [0.5, 0.6) is 17.2 Å². The Labute approximate surface area is 158 Å². The first-order valence-corrected chi connectivity index (χ1v) is 8.60. The summed E-state index contributed by atoms with van der Waals surface area (Å²) in [5, 5.41) is 14.4. The van der Waals surface area contributed by atoms with E-state index in [-0.39, 0.29) is 0 Å². The number of rotatable bonds is 4. The third kappa shape index (κ3) is 3.54. The molecule has 0 radical (unpaired) electrons. The summed E-state index contributed by atoms with van der Waals surface area (Å²) >= 11 is 5.55. The van der Waals surface area contributed by atoms with E-state index in [9.17, 15) is 5.11 Å². The van der Waals surface area contributed by atoms with E-state index in [1.54, 1.807) is 21.3 Å². The normalized spacial score (nSPS) is 15.8. The van der Waals surface area contributed by atoms with Gasteiger partial charge >= 0.3 is 0 Å². The van der Waals surface area contributed by atoms with E-state index < -0.39 is 6.10 Å². The second-order valence-electron chi connectivity index (χ2n) is 5.92. The van der Waals surface area contributed by atoms with E-state index in [2.05, 4.69) is 5.32 Å². The first kappa shape index (κ1) is 18.3. The second kappa shape index (κ2) is 7.80. The van der Waals surface area contributed by atoms with Gasteiger partial charge in [-0.15, -0.1) is 0 Å². The zero-order valence-electron chi connectivity index (χ0n) is 15.0. The van der Waals surface area contributed by atoms with Gasteiger partial charge in [0.1, 0.15) is 23.4 Å². The summed E-state index contributed by atoms with van der Waals surface area (Å²) in [6, 6.07) is 11.2. The predicted octanol–water partition coefficient (Wildman–Crippen LogP) is 2.96. The summed E-state index contributed by atoms with van der Waals surface area (Å²) in [4.78, 5) is 1.91. The molecule has 2 aromatic carbocycles. The zero-order chi connectivity index (χ0) is 18.7. The van der Waals surface area contributed by atoms with Crippen LogP contribution in [-0.2, 0) is 6.54 Å². The summed E-state index contributed by atoms with van der Waals surface area (Å²) in [6.07, 6.45) is -0.728. The number of β-amino-alcohol motifs (C(OH)–C–C–N with tert-alkyl or cyclic N) is 1. The molecule has 7 heteroatoms. The van der Waals surface area contributed by atoms with Gasteiger partial charge in [0, 0.05) is 29.4 Å². The molecule has 0 fully saturated rings. The van der Waals surface area contributed by atoms with Gasteiger partial charge < -0.3 is 29.5 Å². The molecule has 0 spiro atoms. The minimum absolute atomic E-state index is 0.367. The number of ether oxygens (including phenoxy) is 3. The molecule has 0 aromatic heterocycles. The SMILES string of the molecule is COc1cccc(NC(=S)N2Cc3c(OC)ccc(OC)c3[C@@H](O)C2)c1. The van der Waals surface area contributed by atoms with Crippen molar-refractivity contribution in [3.63, 3.8) is 0 Å². The fourth-order valence-corrected chi connectivity index (χ4v) is 3.39. The van der Waals surface area contributed by atoms with Crippen molar-refractivity contribution in [2.24, 2.45) is 0 Å². The highest BCUT2D eigenvalue weighted by molar-refractivity contribution is 7.80. The quantitative estimate of drug-likeness (QED) is 0.798. The summed E-state index contributed by atoms with van der Waals surface area (Å²) < 4.78 is 16.1. The van der Waals surface area contributed by atoms with Gasteiger partial charge in [-0.25, -0.2) is 0 Å². The largest absolute Gasteiger partial charge is 0.497 e. The smallest absolute Gasteiger partial charge is 0.173 e. The molecular formula is C19H22N2O4S. The van der Waals surface area contributed by atoms with Crippen LogP contribution in [0.1, 0.15) is 17.2 Å². The Morgan fingerprint density at radius 3 is 2.54 bits per heavy atom. The van der Waals surface area contributed by atoms with Crippen LogP contribution in [0.15, 0.2) is 36.4 Å².